The molecule has 0 bridgehead atoms. The van der Waals surface area contributed by atoms with Crippen molar-refractivity contribution in [3.05, 3.63) is 29.8 Å². The van der Waals surface area contributed by atoms with E-state index in [-0.39, 0.29) is 36.5 Å². The summed E-state index contributed by atoms with van der Waals surface area (Å²) in [6.45, 7) is 1.54. The highest BCUT2D eigenvalue weighted by molar-refractivity contribution is 14.0. The molecule has 0 atom stereocenters. The lowest BCUT2D eigenvalue weighted by Crippen LogP contribution is -2.23. The zero-order chi connectivity index (χ0) is 12.9. The van der Waals surface area contributed by atoms with E-state index in [1.54, 1.807) is 6.07 Å². The number of aliphatic imine (C=N–C) groups is 1. The molecular formula is C11H15F3IN3. The Balaban J connectivity index is 0.00000289. The number of hydrogen-bond acceptors (Lipinski definition) is 1. The van der Waals surface area contributed by atoms with Crippen molar-refractivity contribution in [3.63, 3.8) is 0 Å². The molecule has 0 unspecified atom stereocenters. The second-order valence-corrected chi connectivity index (χ2v) is 3.63. The van der Waals surface area contributed by atoms with Crippen molar-refractivity contribution in [2.45, 2.75) is 19.5 Å². The van der Waals surface area contributed by atoms with Gasteiger partial charge in [0.15, 0.2) is 5.96 Å². The van der Waals surface area contributed by atoms with Crippen molar-refractivity contribution in [2.75, 3.05) is 11.9 Å². The summed E-state index contributed by atoms with van der Waals surface area (Å²) >= 11 is 0. The van der Waals surface area contributed by atoms with E-state index in [0.29, 0.717) is 5.69 Å². The Morgan fingerprint density at radius 3 is 2.61 bits per heavy atom. The van der Waals surface area contributed by atoms with E-state index in [4.69, 9.17) is 5.73 Å². The fourth-order valence-electron chi connectivity index (χ4n) is 1.21. The Kier molecular flexibility index (Phi) is 7.04. The van der Waals surface area contributed by atoms with Gasteiger partial charge in [0.25, 0.3) is 0 Å². The normalized spacial score (nSPS) is 11.9. The molecule has 0 aliphatic heterocycles. The number of rotatable bonds is 3. The van der Waals surface area contributed by atoms with E-state index in [2.05, 4.69) is 10.3 Å². The number of anilines is 1. The highest BCUT2D eigenvalue weighted by atomic mass is 127. The molecule has 0 fully saturated rings. The molecule has 0 aliphatic rings. The lowest BCUT2D eigenvalue weighted by molar-refractivity contribution is -0.132. The van der Waals surface area contributed by atoms with Crippen LogP contribution < -0.4 is 11.1 Å². The molecule has 0 heterocycles. The minimum Gasteiger partial charge on any atom is -0.370 e. The van der Waals surface area contributed by atoms with Gasteiger partial charge in [-0.1, -0.05) is 12.1 Å². The fraction of sp³-hybridized carbons (Fsp3) is 0.364. The number of nitrogens with zero attached hydrogens (tertiary/aromatic N) is 1. The van der Waals surface area contributed by atoms with Gasteiger partial charge < -0.3 is 11.1 Å². The van der Waals surface area contributed by atoms with Gasteiger partial charge in [-0.25, -0.2) is 0 Å². The maximum Gasteiger partial charge on any atom is 0.390 e. The Morgan fingerprint density at radius 2 is 2.06 bits per heavy atom. The summed E-state index contributed by atoms with van der Waals surface area (Å²) in [7, 11) is 0. The van der Waals surface area contributed by atoms with Gasteiger partial charge in [0, 0.05) is 5.69 Å². The molecule has 0 saturated carbocycles. The largest absolute Gasteiger partial charge is 0.390 e. The van der Waals surface area contributed by atoms with Gasteiger partial charge in [0.1, 0.15) is 0 Å². The quantitative estimate of drug-likeness (QED) is 0.485. The van der Waals surface area contributed by atoms with Crippen molar-refractivity contribution in [3.8, 4) is 0 Å². The Morgan fingerprint density at radius 1 is 1.39 bits per heavy atom. The molecule has 1 rings (SSSR count). The summed E-state index contributed by atoms with van der Waals surface area (Å²) in [5.74, 6) is -0.0140. The van der Waals surface area contributed by atoms with Crippen molar-refractivity contribution in [1.29, 1.82) is 0 Å². The highest BCUT2D eigenvalue weighted by Gasteiger charge is 2.26. The van der Waals surface area contributed by atoms with Gasteiger partial charge in [-0.05, 0) is 24.6 Å². The average molecular weight is 373 g/mol. The van der Waals surface area contributed by atoms with Crippen molar-refractivity contribution in [2.24, 2.45) is 10.7 Å². The van der Waals surface area contributed by atoms with Gasteiger partial charge in [0.05, 0.1) is 13.0 Å². The van der Waals surface area contributed by atoms with E-state index in [0.717, 1.165) is 5.56 Å². The number of aryl methyl sites for hydroxylation is 1. The summed E-state index contributed by atoms with van der Waals surface area (Å²) in [6.07, 6.45) is -5.17. The maximum atomic E-state index is 11.9. The lowest BCUT2D eigenvalue weighted by atomic mass is 10.2. The Hall–Kier alpha value is -0.990. The molecule has 0 aromatic heterocycles. The molecule has 0 radical (unpaired) electrons. The Bertz CT molecular complexity index is 405. The highest BCUT2D eigenvalue weighted by Crippen LogP contribution is 2.18. The molecule has 7 heteroatoms. The summed E-state index contributed by atoms with van der Waals surface area (Å²) in [5.41, 5.74) is 7.19. The Labute approximate surface area is 121 Å². The maximum absolute atomic E-state index is 11.9. The van der Waals surface area contributed by atoms with E-state index in [9.17, 15) is 13.2 Å². The van der Waals surface area contributed by atoms with Crippen molar-refractivity contribution in [1.82, 2.24) is 0 Å². The molecule has 0 amide bonds. The van der Waals surface area contributed by atoms with Crippen LogP contribution in [0.25, 0.3) is 0 Å². The third-order valence-corrected chi connectivity index (χ3v) is 1.97. The minimum absolute atomic E-state index is 0. The number of nitrogens with two attached hydrogens (primary N) is 1. The van der Waals surface area contributed by atoms with Gasteiger partial charge in [-0.15, -0.1) is 24.0 Å². The molecule has 3 nitrogen and oxygen atoms in total. The monoisotopic (exact) mass is 373 g/mol. The topological polar surface area (TPSA) is 50.4 Å². The van der Waals surface area contributed by atoms with Crippen LogP contribution in [-0.4, -0.2) is 18.7 Å². The van der Waals surface area contributed by atoms with Crippen LogP contribution in [0.2, 0.25) is 0 Å². The van der Waals surface area contributed by atoms with Crippen LogP contribution in [0, 0.1) is 6.92 Å². The van der Waals surface area contributed by atoms with Crippen LogP contribution in [0.1, 0.15) is 12.0 Å². The number of guanidine groups is 1. The molecule has 102 valence electrons. The summed E-state index contributed by atoms with van der Waals surface area (Å²) in [4.78, 5) is 3.60. The first-order valence-electron chi connectivity index (χ1n) is 5.07. The van der Waals surface area contributed by atoms with Crippen LogP contribution in [0.15, 0.2) is 29.3 Å². The number of alkyl halides is 3. The minimum atomic E-state index is -4.20. The van der Waals surface area contributed by atoms with Crippen LogP contribution in [-0.2, 0) is 0 Å². The second kappa shape index (κ2) is 7.45. The molecule has 0 saturated heterocycles. The van der Waals surface area contributed by atoms with Gasteiger partial charge in [-0.2, -0.15) is 13.2 Å². The summed E-state index contributed by atoms with van der Waals surface area (Å²) in [5, 5.41) is 2.73. The fourth-order valence-corrected chi connectivity index (χ4v) is 1.21. The van der Waals surface area contributed by atoms with Gasteiger partial charge in [-0.3, -0.25) is 4.99 Å². The molecule has 1 aromatic rings. The van der Waals surface area contributed by atoms with Gasteiger partial charge in [0.2, 0.25) is 0 Å². The predicted octanol–water partition coefficient (Wildman–Crippen LogP) is 3.29. The zero-order valence-electron chi connectivity index (χ0n) is 9.79. The number of hydrogen-bond donors (Lipinski definition) is 2. The van der Waals surface area contributed by atoms with Gasteiger partial charge >= 0.3 is 6.18 Å². The first kappa shape index (κ1) is 17.0. The second-order valence-electron chi connectivity index (χ2n) is 3.63. The first-order chi connectivity index (χ1) is 7.87. The summed E-state index contributed by atoms with van der Waals surface area (Å²) in [6, 6.07) is 7.31. The van der Waals surface area contributed by atoms with E-state index in [1.165, 1.54) is 0 Å². The molecular weight excluding hydrogens is 358 g/mol. The number of benzene rings is 1. The van der Waals surface area contributed by atoms with Crippen LogP contribution >= 0.6 is 24.0 Å². The first-order valence-corrected chi connectivity index (χ1v) is 5.07. The van der Waals surface area contributed by atoms with E-state index in [1.807, 2.05) is 25.1 Å². The van der Waals surface area contributed by atoms with E-state index < -0.39 is 12.6 Å². The molecule has 18 heavy (non-hydrogen) atoms. The van der Waals surface area contributed by atoms with Crippen molar-refractivity contribution >= 4 is 35.6 Å². The number of nitrogens with one attached hydrogen (secondary N) is 1. The SMILES string of the molecule is Cc1cccc(NC(N)=NCCC(F)(F)F)c1.I. The van der Waals surface area contributed by atoms with Crippen molar-refractivity contribution < 1.29 is 13.2 Å². The predicted molar refractivity (Wildman–Crippen MR) is 77.4 cm³/mol. The average Bonchev–Trinajstić information content (AvgIpc) is 2.15. The molecule has 1 aromatic carbocycles. The number of halogens is 4. The van der Waals surface area contributed by atoms with Crippen LogP contribution in [0.3, 0.4) is 0 Å². The smallest absolute Gasteiger partial charge is 0.370 e. The lowest BCUT2D eigenvalue weighted by Gasteiger charge is -2.07. The summed E-state index contributed by atoms with van der Waals surface area (Å²) < 4.78 is 35.6. The standard InChI is InChI=1S/C11H14F3N3.HI/c1-8-3-2-4-9(7-8)17-10(15)16-6-5-11(12,13)14;/h2-4,7H,5-6H2,1H3,(H3,15,16,17);1H. The molecule has 0 spiro atoms. The van der Waals surface area contributed by atoms with E-state index >= 15 is 0 Å². The zero-order valence-corrected chi connectivity index (χ0v) is 12.1. The third kappa shape index (κ3) is 7.36. The van der Waals surface area contributed by atoms with Crippen LogP contribution in [0.5, 0.6) is 0 Å². The third-order valence-electron chi connectivity index (χ3n) is 1.97. The molecule has 3 N–H and O–H groups in total. The molecule has 0 aliphatic carbocycles. The van der Waals surface area contributed by atoms with Crippen LogP contribution in [0.4, 0.5) is 18.9 Å².